The first-order valence-corrected chi connectivity index (χ1v) is 7.63. The maximum atomic E-state index is 13.6. The highest BCUT2D eigenvalue weighted by Crippen LogP contribution is 2.27. The standard InChI is InChI=1S/C17H13ClF2N2O2/c18-11-1-4-13(5-2-11)22-9-10(7-16(22)23)17(24)21-15-6-3-12(19)8-14(15)20/h1-6,8,10H,7,9H2,(H,21,24). The molecule has 1 atom stereocenters. The Bertz CT molecular complexity index is 796. The lowest BCUT2D eigenvalue weighted by atomic mass is 10.1. The van der Waals surface area contributed by atoms with Crippen LogP contribution in [0.25, 0.3) is 0 Å². The van der Waals surface area contributed by atoms with Crippen LogP contribution < -0.4 is 10.2 Å². The van der Waals surface area contributed by atoms with Crippen LogP contribution >= 0.6 is 11.6 Å². The number of nitrogens with one attached hydrogen (secondary N) is 1. The molecule has 0 bridgehead atoms. The third-order valence-corrected chi connectivity index (χ3v) is 4.08. The molecule has 7 heteroatoms. The molecule has 0 aliphatic carbocycles. The number of amides is 2. The summed E-state index contributed by atoms with van der Waals surface area (Å²) in [6.45, 7) is 0.190. The van der Waals surface area contributed by atoms with Crippen molar-refractivity contribution in [2.24, 2.45) is 5.92 Å². The lowest BCUT2D eigenvalue weighted by Gasteiger charge is -2.17. The normalized spacial score (nSPS) is 17.2. The predicted octanol–water partition coefficient (Wildman–Crippen LogP) is 3.61. The molecule has 1 unspecified atom stereocenters. The summed E-state index contributed by atoms with van der Waals surface area (Å²) in [6, 6.07) is 9.60. The zero-order valence-corrected chi connectivity index (χ0v) is 13.2. The molecule has 2 aromatic carbocycles. The molecule has 24 heavy (non-hydrogen) atoms. The molecule has 1 saturated heterocycles. The smallest absolute Gasteiger partial charge is 0.229 e. The SMILES string of the molecule is O=C(Nc1ccc(F)cc1F)C1CC(=O)N(c2ccc(Cl)cc2)C1. The van der Waals surface area contributed by atoms with Crippen LogP contribution in [0.3, 0.4) is 0 Å². The molecule has 124 valence electrons. The number of halogens is 3. The molecule has 1 heterocycles. The van der Waals surface area contributed by atoms with Crippen molar-refractivity contribution < 1.29 is 18.4 Å². The van der Waals surface area contributed by atoms with Crippen molar-refractivity contribution in [3.8, 4) is 0 Å². The van der Waals surface area contributed by atoms with Gasteiger partial charge in [-0.15, -0.1) is 0 Å². The maximum Gasteiger partial charge on any atom is 0.229 e. The van der Waals surface area contributed by atoms with Gasteiger partial charge in [0.15, 0.2) is 0 Å². The van der Waals surface area contributed by atoms with Crippen molar-refractivity contribution in [2.75, 3.05) is 16.8 Å². The van der Waals surface area contributed by atoms with E-state index in [1.807, 2.05) is 0 Å². The highest BCUT2D eigenvalue weighted by molar-refractivity contribution is 6.30. The highest BCUT2D eigenvalue weighted by atomic mass is 35.5. The Labute approximate surface area is 142 Å². The fourth-order valence-electron chi connectivity index (χ4n) is 2.58. The molecule has 0 spiro atoms. The van der Waals surface area contributed by atoms with Gasteiger partial charge in [0.05, 0.1) is 11.6 Å². The van der Waals surface area contributed by atoms with Crippen LogP contribution in [0.15, 0.2) is 42.5 Å². The number of hydrogen-bond donors (Lipinski definition) is 1. The third-order valence-electron chi connectivity index (χ3n) is 3.82. The lowest BCUT2D eigenvalue weighted by molar-refractivity contribution is -0.122. The fourth-order valence-corrected chi connectivity index (χ4v) is 2.71. The second kappa shape index (κ2) is 6.57. The van der Waals surface area contributed by atoms with E-state index in [1.54, 1.807) is 24.3 Å². The Kier molecular flexibility index (Phi) is 4.49. The minimum absolute atomic E-state index is 0.0251. The molecular formula is C17H13ClF2N2O2. The molecule has 1 fully saturated rings. The van der Waals surface area contributed by atoms with E-state index < -0.39 is 23.5 Å². The van der Waals surface area contributed by atoms with Gasteiger partial charge in [-0.25, -0.2) is 8.78 Å². The van der Waals surface area contributed by atoms with E-state index in [9.17, 15) is 18.4 Å². The van der Waals surface area contributed by atoms with Crippen molar-refractivity contribution >= 4 is 34.8 Å². The molecule has 2 amide bonds. The first kappa shape index (κ1) is 16.4. The molecule has 0 aromatic heterocycles. The Balaban J connectivity index is 1.70. The Morgan fingerprint density at radius 3 is 2.54 bits per heavy atom. The lowest BCUT2D eigenvalue weighted by Crippen LogP contribution is -2.28. The van der Waals surface area contributed by atoms with Gasteiger partial charge in [0.1, 0.15) is 11.6 Å². The zero-order valence-electron chi connectivity index (χ0n) is 12.4. The first-order chi connectivity index (χ1) is 11.4. The molecule has 2 aromatic rings. The summed E-state index contributed by atoms with van der Waals surface area (Å²) in [5, 5.41) is 2.95. The molecule has 0 saturated carbocycles. The molecule has 1 aliphatic heterocycles. The summed E-state index contributed by atoms with van der Waals surface area (Å²) in [4.78, 5) is 25.9. The number of rotatable bonds is 3. The van der Waals surface area contributed by atoms with Crippen molar-refractivity contribution in [1.29, 1.82) is 0 Å². The number of hydrogen-bond acceptors (Lipinski definition) is 2. The van der Waals surface area contributed by atoms with Gasteiger partial charge in [-0.3, -0.25) is 9.59 Å². The molecule has 0 radical (unpaired) electrons. The van der Waals surface area contributed by atoms with E-state index in [0.29, 0.717) is 16.8 Å². The summed E-state index contributed by atoms with van der Waals surface area (Å²) in [5.74, 6) is -2.88. The number of anilines is 2. The Morgan fingerprint density at radius 1 is 1.17 bits per heavy atom. The monoisotopic (exact) mass is 350 g/mol. The molecule has 1 aliphatic rings. The van der Waals surface area contributed by atoms with Gasteiger partial charge < -0.3 is 10.2 Å². The Hall–Kier alpha value is -2.47. The van der Waals surface area contributed by atoms with Crippen molar-refractivity contribution in [2.45, 2.75) is 6.42 Å². The first-order valence-electron chi connectivity index (χ1n) is 7.26. The van der Waals surface area contributed by atoms with E-state index in [1.165, 1.54) is 4.90 Å². The van der Waals surface area contributed by atoms with Crippen molar-refractivity contribution in [1.82, 2.24) is 0 Å². The van der Waals surface area contributed by atoms with E-state index in [-0.39, 0.29) is 24.6 Å². The molecule has 4 nitrogen and oxygen atoms in total. The minimum Gasteiger partial charge on any atom is -0.323 e. The van der Waals surface area contributed by atoms with Crippen molar-refractivity contribution in [3.63, 3.8) is 0 Å². The highest BCUT2D eigenvalue weighted by Gasteiger charge is 2.35. The minimum atomic E-state index is -0.859. The number of carbonyl (C=O) groups excluding carboxylic acids is 2. The summed E-state index contributed by atoms with van der Waals surface area (Å²) in [6.07, 6.45) is 0.0251. The van der Waals surface area contributed by atoms with E-state index in [2.05, 4.69) is 5.32 Å². The second-order valence-electron chi connectivity index (χ2n) is 5.50. The van der Waals surface area contributed by atoms with Crippen LogP contribution in [0.5, 0.6) is 0 Å². The quantitative estimate of drug-likeness (QED) is 0.919. The zero-order chi connectivity index (χ0) is 17.3. The average molecular weight is 351 g/mol. The van der Waals surface area contributed by atoms with E-state index in [0.717, 1.165) is 12.1 Å². The van der Waals surface area contributed by atoms with Crippen LogP contribution in [-0.4, -0.2) is 18.4 Å². The summed E-state index contributed by atoms with van der Waals surface area (Å²) >= 11 is 5.82. The van der Waals surface area contributed by atoms with Crippen LogP contribution in [-0.2, 0) is 9.59 Å². The van der Waals surface area contributed by atoms with Gasteiger partial charge in [0.25, 0.3) is 0 Å². The second-order valence-corrected chi connectivity index (χ2v) is 5.93. The Morgan fingerprint density at radius 2 is 1.88 bits per heavy atom. The van der Waals surface area contributed by atoms with Crippen LogP contribution in [0.1, 0.15) is 6.42 Å². The topological polar surface area (TPSA) is 49.4 Å². The fraction of sp³-hybridized carbons (Fsp3) is 0.176. The van der Waals surface area contributed by atoms with Crippen LogP contribution in [0.2, 0.25) is 5.02 Å². The van der Waals surface area contributed by atoms with Gasteiger partial charge in [0.2, 0.25) is 11.8 Å². The maximum absolute atomic E-state index is 13.6. The van der Waals surface area contributed by atoms with E-state index >= 15 is 0 Å². The van der Waals surface area contributed by atoms with Crippen LogP contribution in [0.4, 0.5) is 20.2 Å². The summed E-state index contributed by atoms with van der Waals surface area (Å²) in [7, 11) is 0. The van der Waals surface area contributed by atoms with Crippen LogP contribution in [0, 0.1) is 17.6 Å². The third kappa shape index (κ3) is 3.38. The van der Waals surface area contributed by atoms with Gasteiger partial charge in [-0.05, 0) is 36.4 Å². The molecule has 3 rings (SSSR count). The van der Waals surface area contributed by atoms with Crippen molar-refractivity contribution in [3.05, 3.63) is 59.1 Å². The number of benzene rings is 2. The number of nitrogens with zero attached hydrogens (tertiary/aromatic N) is 1. The number of carbonyl (C=O) groups is 2. The summed E-state index contributed by atoms with van der Waals surface area (Å²) in [5.41, 5.74) is 0.534. The molecular weight excluding hydrogens is 338 g/mol. The average Bonchev–Trinajstić information content (AvgIpc) is 2.93. The summed E-state index contributed by atoms with van der Waals surface area (Å²) < 4.78 is 26.5. The predicted molar refractivity (Wildman–Crippen MR) is 86.9 cm³/mol. The largest absolute Gasteiger partial charge is 0.323 e. The van der Waals surface area contributed by atoms with Gasteiger partial charge in [-0.2, -0.15) is 0 Å². The van der Waals surface area contributed by atoms with Gasteiger partial charge in [-0.1, -0.05) is 11.6 Å². The van der Waals surface area contributed by atoms with Gasteiger partial charge in [0, 0.05) is 29.7 Å². The molecule has 1 N–H and O–H groups in total. The van der Waals surface area contributed by atoms with E-state index in [4.69, 9.17) is 11.6 Å². The van der Waals surface area contributed by atoms with Gasteiger partial charge >= 0.3 is 0 Å².